The first kappa shape index (κ1) is 21.3. The Morgan fingerprint density at radius 1 is 0.750 bits per heavy atom. The van der Waals surface area contributed by atoms with Crippen molar-refractivity contribution in [2.75, 3.05) is 0 Å². The van der Waals surface area contributed by atoms with Gasteiger partial charge in [0.2, 0.25) is 0 Å². The summed E-state index contributed by atoms with van der Waals surface area (Å²) in [5.41, 5.74) is 0.360. The lowest BCUT2D eigenvalue weighted by atomic mass is 9.85. The van der Waals surface area contributed by atoms with Gasteiger partial charge in [-0.25, -0.2) is 4.79 Å². The summed E-state index contributed by atoms with van der Waals surface area (Å²) in [5, 5.41) is 8.73. The molecular formula is C22H40O2. The molecule has 0 spiro atoms. The van der Waals surface area contributed by atoms with Crippen LogP contribution < -0.4 is 0 Å². The third kappa shape index (κ3) is 11.7. The van der Waals surface area contributed by atoms with Gasteiger partial charge in [-0.05, 0) is 18.8 Å². The van der Waals surface area contributed by atoms with E-state index in [-0.39, 0.29) is 0 Å². The minimum Gasteiger partial charge on any atom is -0.478 e. The predicted molar refractivity (Wildman–Crippen MR) is 103 cm³/mol. The van der Waals surface area contributed by atoms with E-state index in [2.05, 4.69) is 6.58 Å². The monoisotopic (exact) mass is 336 g/mol. The van der Waals surface area contributed by atoms with E-state index in [1.807, 2.05) is 0 Å². The average Bonchev–Trinajstić information content (AvgIpc) is 2.59. The third-order valence-electron chi connectivity index (χ3n) is 5.62. The van der Waals surface area contributed by atoms with Gasteiger partial charge < -0.3 is 5.11 Å². The Morgan fingerprint density at radius 3 is 1.71 bits per heavy atom. The number of hydrogen-bond acceptors (Lipinski definition) is 1. The lowest BCUT2D eigenvalue weighted by Crippen LogP contribution is -2.05. The second-order valence-electron chi connectivity index (χ2n) is 7.84. The molecule has 0 atom stereocenters. The minimum atomic E-state index is -0.839. The molecule has 0 heterocycles. The zero-order valence-corrected chi connectivity index (χ0v) is 15.9. The van der Waals surface area contributed by atoms with Crippen LogP contribution >= 0.6 is 0 Å². The SMILES string of the molecule is C=C(CCCCCCCCCCCCCC1CCCCC1)C(=O)O. The Labute approximate surface area is 150 Å². The lowest BCUT2D eigenvalue weighted by molar-refractivity contribution is -0.132. The molecule has 140 valence electrons. The molecule has 2 heteroatoms. The number of carboxylic acid groups (broad SMARTS) is 1. The number of unbranched alkanes of at least 4 members (excludes halogenated alkanes) is 10. The van der Waals surface area contributed by atoms with Crippen molar-refractivity contribution in [3.8, 4) is 0 Å². The van der Waals surface area contributed by atoms with Gasteiger partial charge in [0.1, 0.15) is 0 Å². The van der Waals surface area contributed by atoms with Crippen molar-refractivity contribution < 1.29 is 9.90 Å². The van der Waals surface area contributed by atoms with E-state index < -0.39 is 5.97 Å². The van der Waals surface area contributed by atoms with Gasteiger partial charge in [-0.2, -0.15) is 0 Å². The van der Waals surface area contributed by atoms with Crippen molar-refractivity contribution in [3.05, 3.63) is 12.2 Å². The summed E-state index contributed by atoms with van der Waals surface area (Å²) in [6.45, 7) is 3.57. The van der Waals surface area contributed by atoms with Gasteiger partial charge in [0.15, 0.2) is 0 Å². The molecule has 0 aromatic carbocycles. The van der Waals surface area contributed by atoms with Crippen LogP contribution in [0.5, 0.6) is 0 Å². The van der Waals surface area contributed by atoms with Gasteiger partial charge in [-0.1, -0.05) is 109 Å². The molecule has 0 aliphatic heterocycles. The molecule has 2 nitrogen and oxygen atoms in total. The second kappa shape index (κ2) is 14.5. The predicted octanol–water partition coefficient (Wildman–Crippen LogP) is 7.28. The second-order valence-corrected chi connectivity index (χ2v) is 7.84. The van der Waals surface area contributed by atoms with Crippen molar-refractivity contribution in [1.82, 2.24) is 0 Å². The van der Waals surface area contributed by atoms with E-state index in [4.69, 9.17) is 5.11 Å². The smallest absolute Gasteiger partial charge is 0.330 e. The van der Waals surface area contributed by atoms with Crippen LogP contribution in [0.2, 0.25) is 0 Å². The number of aliphatic carboxylic acids is 1. The molecule has 0 aromatic heterocycles. The largest absolute Gasteiger partial charge is 0.478 e. The van der Waals surface area contributed by atoms with Crippen LogP contribution in [0.25, 0.3) is 0 Å². The average molecular weight is 337 g/mol. The lowest BCUT2D eigenvalue weighted by Gasteiger charge is -2.21. The van der Waals surface area contributed by atoms with Crippen LogP contribution in [-0.4, -0.2) is 11.1 Å². The molecule has 0 unspecified atom stereocenters. The first-order valence-electron chi connectivity index (χ1n) is 10.6. The molecule has 1 N–H and O–H groups in total. The van der Waals surface area contributed by atoms with E-state index in [1.165, 1.54) is 96.3 Å². The number of hydrogen-bond donors (Lipinski definition) is 1. The molecule has 1 aliphatic carbocycles. The van der Waals surface area contributed by atoms with Gasteiger partial charge in [0.05, 0.1) is 0 Å². The van der Waals surface area contributed by atoms with Crippen LogP contribution in [-0.2, 0) is 4.79 Å². The normalized spacial score (nSPS) is 15.5. The highest BCUT2D eigenvalue weighted by Gasteiger charge is 2.12. The van der Waals surface area contributed by atoms with E-state index in [0.29, 0.717) is 12.0 Å². The van der Waals surface area contributed by atoms with E-state index in [9.17, 15) is 4.79 Å². The summed E-state index contributed by atoms with van der Waals surface area (Å²) in [6.07, 6.45) is 24.2. The summed E-state index contributed by atoms with van der Waals surface area (Å²) in [7, 11) is 0. The maximum atomic E-state index is 10.6. The first-order chi connectivity index (χ1) is 11.7. The molecule has 24 heavy (non-hydrogen) atoms. The molecule has 0 bridgehead atoms. The Hall–Kier alpha value is -0.790. The van der Waals surface area contributed by atoms with Crippen molar-refractivity contribution in [1.29, 1.82) is 0 Å². The fraction of sp³-hybridized carbons (Fsp3) is 0.864. The molecule has 1 fully saturated rings. The quantitative estimate of drug-likeness (QED) is 0.252. The summed E-state index contributed by atoms with van der Waals surface area (Å²) in [5.74, 6) is 0.222. The van der Waals surface area contributed by atoms with Gasteiger partial charge in [-0.3, -0.25) is 0 Å². The number of carbonyl (C=O) groups is 1. The molecule has 0 amide bonds. The molecule has 0 saturated heterocycles. The summed E-state index contributed by atoms with van der Waals surface area (Å²) in [4.78, 5) is 10.6. The fourth-order valence-corrected chi connectivity index (χ4v) is 3.95. The highest BCUT2D eigenvalue weighted by Crippen LogP contribution is 2.28. The summed E-state index contributed by atoms with van der Waals surface area (Å²) in [6, 6.07) is 0. The highest BCUT2D eigenvalue weighted by molar-refractivity contribution is 5.85. The fourth-order valence-electron chi connectivity index (χ4n) is 3.95. The van der Waals surface area contributed by atoms with E-state index in [1.54, 1.807) is 0 Å². The van der Waals surface area contributed by atoms with Crippen LogP contribution in [0.3, 0.4) is 0 Å². The van der Waals surface area contributed by atoms with Crippen molar-refractivity contribution in [2.24, 2.45) is 5.92 Å². The maximum Gasteiger partial charge on any atom is 0.330 e. The number of rotatable bonds is 15. The zero-order valence-electron chi connectivity index (χ0n) is 15.9. The zero-order chi connectivity index (χ0) is 17.5. The molecule has 1 saturated carbocycles. The summed E-state index contributed by atoms with van der Waals surface area (Å²) >= 11 is 0. The Morgan fingerprint density at radius 2 is 1.21 bits per heavy atom. The van der Waals surface area contributed by atoms with Crippen molar-refractivity contribution in [2.45, 2.75) is 116 Å². The van der Waals surface area contributed by atoms with Crippen molar-refractivity contribution in [3.63, 3.8) is 0 Å². The van der Waals surface area contributed by atoms with Crippen LogP contribution in [0.4, 0.5) is 0 Å². The number of carboxylic acids is 1. The first-order valence-corrected chi connectivity index (χ1v) is 10.6. The topological polar surface area (TPSA) is 37.3 Å². The van der Waals surface area contributed by atoms with Gasteiger partial charge in [-0.15, -0.1) is 0 Å². The van der Waals surface area contributed by atoms with Crippen LogP contribution in [0.15, 0.2) is 12.2 Å². The Balaban J connectivity index is 1.73. The van der Waals surface area contributed by atoms with E-state index >= 15 is 0 Å². The van der Waals surface area contributed by atoms with E-state index in [0.717, 1.165) is 18.8 Å². The van der Waals surface area contributed by atoms with Gasteiger partial charge >= 0.3 is 5.97 Å². The Bertz CT molecular complexity index is 329. The molecule has 0 aromatic rings. The minimum absolute atomic E-state index is 0.360. The van der Waals surface area contributed by atoms with Gasteiger partial charge in [0.25, 0.3) is 0 Å². The van der Waals surface area contributed by atoms with Crippen LogP contribution in [0.1, 0.15) is 116 Å². The highest BCUT2D eigenvalue weighted by atomic mass is 16.4. The Kier molecular flexibility index (Phi) is 12.9. The molecular weight excluding hydrogens is 296 g/mol. The van der Waals surface area contributed by atoms with Crippen LogP contribution in [0, 0.1) is 5.92 Å². The standard InChI is InChI=1S/C22H40O2/c1-20(22(23)24)16-12-9-7-5-3-2-4-6-8-10-13-17-21-18-14-11-15-19-21/h21H,1-19H2,(H,23,24). The molecule has 1 rings (SSSR count). The van der Waals surface area contributed by atoms with Gasteiger partial charge in [0, 0.05) is 5.57 Å². The molecule has 1 aliphatic rings. The maximum absolute atomic E-state index is 10.6. The van der Waals surface area contributed by atoms with Crippen molar-refractivity contribution >= 4 is 5.97 Å². The molecule has 0 radical (unpaired) electrons. The summed E-state index contributed by atoms with van der Waals surface area (Å²) < 4.78 is 0. The third-order valence-corrected chi connectivity index (χ3v) is 5.62.